The number of ether oxygens (including phenoxy) is 1. The van der Waals surface area contributed by atoms with E-state index in [0.29, 0.717) is 24.4 Å². The number of nitrogens with zero attached hydrogens (tertiary/aromatic N) is 2. The number of hydrogen-bond acceptors (Lipinski definition) is 5. The zero-order chi connectivity index (χ0) is 22.4. The molecule has 8 nitrogen and oxygen atoms in total. The van der Waals surface area contributed by atoms with Gasteiger partial charge in [0.25, 0.3) is 11.8 Å². The highest BCUT2D eigenvalue weighted by Gasteiger charge is 2.50. The Balaban J connectivity index is 1.68. The number of hydrazine groups is 1. The third-order valence-corrected chi connectivity index (χ3v) is 5.23. The molecular weight excluding hydrogens is 396 g/mol. The van der Waals surface area contributed by atoms with E-state index in [4.69, 9.17) is 4.74 Å². The standard InChI is InChI=1S/C23H28N4O4/c1-4-13-26(15-17-9-6-5-7-10-17)16-20(28)25-27-21(29)23(2,24-22(27)30)18-11-8-12-19(14-18)31-3/h5-12,14H,4,13,15-16H2,1-3H3,(H,24,30)(H,25,28). The molecular formula is C23H28N4O4. The molecule has 0 bridgehead atoms. The van der Waals surface area contributed by atoms with Crippen molar-refractivity contribution in [3.05, 3.63) is 65.7 Å². The minimum absolute atomic E-state index is 0.0651. The van der Waals surface area contributed by atoms with Crippen molar-refractivity contribution >= 4 is 17.8 Å². The van der Waals surface area contributed by atoms with Crippen molar-refractivity contribution in [3.63, 3.8) is 0 Å². The SMILES string of the molecule is CCCN(CC(=O)NN1C(=O)NC(C)(c2cccc(OC)c2)C1=O)Cc1ccccc1. The molecule has 2 N–H and O–H groups in total. The number of urea groups is 1. The molecule has 1 atom stereocenters. The van der Waals surface area contributed by atoms with Crippen LogP contribution in [0.25, 0.3) is 0 Å². The van der Waals surface area contributed by atoms with Gasteiger partial charge in [-0.2, -0.15) is 5.01 Å². The predicted molar refractivity (Wildman–Crippen MR) is 116 cm³/mol. The van der Waals surface area contributed by atoms with Crippen LogP contribution in [-0.2, 0) is 21.7 Å². The van der Waals surface area contributed by atoms with Crippen LogP contribution in [-0.4, -0.2) is 48.0 Å². The zero-order valence-electron chi connectivity index (χ0n) is 18.1. The van der Waals surface area contributed by atoms with E-state index in [1.165, 1.54) is 7.11 Å². The normalized spacial score (nSPS) is 18.3. The third kappa shape index (κ3) is 5.03. The topological polar surface area (TPSA) is 91.0 Å². The lowest BCUT2D eigenvalue weighted by Crippen LogP contribution is -2.50. The summed E-state index contributed by atoms with van der Waals surface area (Å²) in [4.78, 5) is 40.2. The number of benzene rings is 2. The summed E-state index contributed by atoms with van der Waals surface area (Å²) in [5.41, 5.74) is 2.82. The molecule has 1 aliphatic rings. The Labute approximate surface area is 182 Å². The maximum atomic E-state index is 13.0. The molecule has 1 heterocycles. The molecule has 0 saturated carbocycles. The van der Waals surface area contributed by atoms with Crippen LogP contribution in [0.1, 0.15) is 31.4 Å². The Morgan fingerprint density at radius 2 is 1.90 bits per heavy atom. The average Bonchev–Trinajstić information content (AvgIpc) is 2.98. The fourth-order valence-corrected chi connectivity index (χ4v) is 3.61. The van der Waals surface area contributed by atoms with Gasteiger partial charge in [0.15, 0.2) is 0 Å². The van der Waals surface area contributed by atoms with E-state index in [-0.39, 0.29) is 6.54 Å². The highest BCUT2D eigenvalue weighted by atomic mass is 16.5. The second-order valence-corrected chi connectivity index (χ2v) is 7.66. The molecule has 1 unspecified atom stereocenters. The molecule has 2 aromatic carbocycles. The molecule has 1 aliphatic heterocycles. The van der Waals surface area contributed by atoms with E-state index in [1.807, 2.05) is 42.2 Å². The molecule has 1 fully saturated rings. The van der Waals surface area contributed by atoms with Gasteiger partial charge in [-0.05, 0) is 43.1 Å². The second kappa shape index (κ2) is 9.61. The number of rotatable bonds is 9. The lowest BCUT2D eigenvalue weighted by molar-refractivity contribution is -0.139. The monoisotopic (exact) mass is 424 g/mol. The molecule has 31 heavy (non-hydrogen) atoms. The van der Waals surface area contributed by atoms with Gasteiger partial charge in [0, 0.05) is 6.54 Å². The Morgan fingerprint density at radius 3 is 2.58 bits per heavy atom. The molecule has 4 amide bonds. The minimum atomic E-state index is -1.30. The van der Waals surface area contributed by atoms with Crippen LogP contribution in [0.3, 0.4) is 0 Å². The van der Waals surface area contributed by atoms with E-state index in [9.17, 15) is 14.4 Å². The number of carbonyl (C=O) groups is 3. The number of imide groups is 1. The lowest BCUT2D eigenvalue weighted by Gasteiger charge is -2.24. The summed E-state index contributed by atoms with van der Waals surface area (Å²) < 4.78 is 5.22. The number of carbonyl (C=O) groups excluding carboxylic acids is 3. The summed E-state index contributed by atoms with van der Waals surface area (Å²) in [6.45, 7) is 5.02. The predicted octanol–water partition coefficient (Wildman–Crippen LogP) is 2.41. The first-order chi connectivity index (χ1) is 14.9. The second-order valence-electron chi connectivity index (χ2n) is 7.66. The van der Waals surface area contributed by atoms with Gasteiger partial charge in [-0.15, -0.1) is 0 Å². The van der Waals surface area contributed by atoms with Gasteiger partial charge in [0.1, 0.15) is 11.3 Å². The van der Waals surface area contributed by atoms with E-state index < -0.39 is 23.4 Å². The Morgan fingerprint density at radius 1 is 1.16 bits per heavy atom. The molecule has 3 rings (SSSR count). The van der Waals surface area contributed by atoms with Crippen molar-refractivity contribution in [3.8, 4) is 5.75 Å². The first-order valence-electron chi connectivity index (χ1n) is 10.2. The highest BCUT2D eigenvalue weighted by molar-refractivity contribution is 6.08. The molecule has 0 spiro atoms. The largest absolute Gasteiger partial charge is 0.497 e. The van der Waals surface area contributed by atoms with Crippen molar-refractivity contribution in [2.24, 2.45) is 0 Å². The lowest BCUT2D eigenvalue weighted by atomic mass is 9.92. The van der Waals surface area contributed by atoms with Crippen molar-refractivity contribution in [2.45, 2.75) is 32.4 Å². The van der Waals surface area contributed by atoms with Crippen LogP contribution in [0.5, 0.6) is 5.75 Å². The third-order valence-electron chi connectivity index (χ3n) is 5.23. The van der Waals surface area contributed by atoms with Crippen LogP contribution in [0, 0.1) is 0 Å². The van der Waals surface area contributed by atoms with Gasteiger partial charge >= 0.3 is 6.03 Å². The summed E-state index contributed by atoms with van der Waals surface area (Å²) in [5, 5.41) is 3.43. The van der Waals surface area contributed by atoms with Gasteiger partial charge in [-0.25, -0.2) is 4.79 Å². The Kier molecular flexibility index (Phi) is 6.91. The summed E-state index contributed by atoms with van der Waals surface area (Å²) in [6.07, 6.45) is 0.872. The number of methoxy groups -OCH3 is 1. The van der Waals surface area contributed by atoms with Crippen molar-refractivity contribution < 1.29 is 19.1 Å². The molecule has 0 aromatic heterocycles. The van der Waals surface area contributed by atoms with E-state index in [0.717, 1.165) is 17.0 Å². The maximum absolute atomic E-state index is 13.0. The summed E-state index contributed by atoms with van der Waals surface area (Å²) in [5.74, 6) is -0.411. The quantitative estimate of drug-likeness (QED) is 0.604. The molecule has 8 heteroatoms. The van der Waals surface area contributed by atoms with Gasteiger partial charge < -0.3 is 10.1 Å². The fourth-order valence-electron chi connectivity index (χ4n) is 3.61. The first kappa shape index (κ1) is 22.3. The molecule has 2 aromatic rings. The van der Waals surface area contributed by atoms with Gasteiger partial charge in [0.2, 0.25) is 0 Å². The number of amides is 4. The van der Waals surface area contributed by atoms with Gasteiger partial charge in [-0.3, -0.25) is 19.9 Å². The minimum Gasteiger partial charge on any atom is -0.497 e. The summed E-state index contributed by atoms with van der Waals surface area (Å²) in [6, 6.07) is 16.1. The molecule has 0 aliphatic carbocycles. The van der Waals surface area contributed by atoms with Gasteiger partial charge in [0.05, 0.1) is 13.7 Å². The molecule has 164 valence electrons. The summed E-state index contributed by atoms with van der Waals surface area (Å²) in [7, 11) is 1.53. The van der Waals surface area contributed by atoms with Crippen LogP contribution >= 0.6 is 0 Å². The fraction of sp³-hybridized carbons (Fsp3) is 0.348. The molecule has 0 radical (unpaired) electrons. The molecule has 1 saturated heterocycles. The Hall–Kier alpha value is -3.39. The van der Waals surface area contributed by atoms with Crippen LogP contribution in [0.2, 0.25) is 0 Å². The Bertz CT molecular complexity index is 950. The van der Waals surface area contributed by atoms with Crippen LogP contribution < -0.4 is 15.5 Å². The van der Waals surface area contributed by atoms with Crippen LogP contribution in [0.4, 0.5) is 4.79 Å². The van der Waals surface area contributed by atoms with Crippen molar-refractivity contribution in [2.75, 3.05) is 20.2 Å². The zero-order valence-corrected chi connectivity index (χ0v) is 18.1. The first-order valence-corrected chi connectivity index (χ1v) is 10.2. The number of nitrogens with one attached hydrogen (secondary N) is 2. The number of hydrogen-bond donors (Lipinski definition) is 2. The van der Waals surface area contributed by atoms with E-state index in [2.05, 4.69) is 10.7 Å². The maximum Gasteiger partial charge on any atom is 0.344 e. The summed E-state index contributed by atoms with van der Waals surface area (Å²) >= 11 is 0. The van der Waals surface area contributed by atoms with Crippen molar-refractivity contribution in [1.82, 2.24) is 20.7 Å². The van der Waals surface area contributed by atoms with E-state index >= 15 is 0 Å². The highest BCUT2D eigenvalue weighted by Crippen LogP contribution is 2.30. The van der Waals surface area contributed by atoms with Gasteiger partial charge in [-0.1, -0.05) is 49.4 Å². The van der Waals surface area contributed by atoms with Crippen LogP contribution in [0.15, 0.2) is 54.6 Å². The smallest absolute Gasteiger partial charge is 0.344 e. The van der Waals surface area contributed by atoms with Crippen molar-refractivity contribution in [1.29, 1.82) is 0 Å². The van der Waals surface area contributed by atoms with E-state index in [1.54, 1.807) is 31.2 Å². The average molecular weight is 425 g/mol.